The molecule has 0 radical (unpaired) electrons. The molecule has 2 N–H and O–H groups in total. The van der Waals surface area contributed by atoms with Crippen LogP contribution in [0.2, 0.25) is 0 Å². The molecule has 1 amide bonds. The van der Waals surface area contributed by atoms with Crippen LogP contribution < -0.4 is 16.0 Å². The first-order valence-electron chi connectivity index (χ1n) is 8.75. The summed E-state index contributed by atoms with van der Waals surface area (Å²) in [6.45, 7) is 7.49. The number of thiophene rings is 1. The van der Waals surface area contributed by atoms with Crippen molar-refractivity contribution >= 4 is 27.5 Å². The second kappa shape index (κ2) is 7.15. The molecule has 2 heterocycles. The van der Waals surface area contributed by atoms with E-state index in [4.69, 9.17) is 15.5 Å². The quantitative estimate of drug-likeness (QED) is 0.727. The number of aryl methyl sites for hydroxylation is 1. The van der Waals surface area contributed by atoms with Crippen LogP contribution >= 0.6 is 11.3 Å². The predicted molar refractivity (Wildman–Crippen MR) is 109 cm³/mol. The van der Waals surface area contributed by atoms with Gasteiger partial charge in [-0.05, 0) is 31.5 Å². The fourth-order valence-corrected chi connectivity index (χ4v) is 4.27. The zero-order chi connectivity index (χ0) is 19.9. The van der Waals surface area contributed by atoms with Crippen molar-refractivity contribution in [2.24, 2.45) is 5.73 Å². The third-order valence-electron chi connectivity index (χ3n) is 4.64. The largest absolute Gasteiger partial charge is 0.497 e. The lowest BCUT2D eigenvalue weighted by atomic mass is 10.0. The van der Waals surface area contributed by atoms with E-state index < -0.39 is 11.9 Å². The van der Waals surface area contributed by atoms with Gasteiger partial charge in [-0.3, -0.25) is 14.2 Å². The van der Waals surface area contributed by atoms with E-state index >= 15 is 0 Å². The molecule has 0 saturated carbocycles. The van der Waals surface area contributed by atoms with Crippen LogP contribution in [0.3, 0.4) is 0 Å². The van der Waals surface area contributed by atoms with Crippen molar-refractivity contribution in [3.63, 3.8) is 0 Å². The Morgan fingerprint density at radius 3 is 2.59 bits per heavy atom. The molecular formula is C20H23N3O3S. The molecule has 0 fully saturated rings. The first-order chi connectivity index (χ1) is 12.8. The van der Waals surface area contributed by atoms with Crippen LogP contribution in [0.4, 0.5) is 0 Å². The summed E-state index contributed by atoms with van der Waals surface area (Å²) in [6.07, 6.45) is 0. The number of fused-ring (bicyclic) bond motifs is 1. The molecule has 3 rings (SSSR count). The number of hydrogen-bond acceptors (Lipinski definition) is 5. The molecule has 142 valence electrons. The number of nitrogens with zero attached hydrogens (tertiary/aromatic N) is 2. The van der Waals surface area contributed by atoms with Crippen molar-refractivity contribution in [1.82, 2.24) is 9.55 Å². The van der Waals surface area contributed by atoms with Crippen molar-refractivity contribution in [2.75, 3.05) is 7.11 Å². The zero-order valence-corrected chi connectivity index (χ0v) is 16.9. The van der Waals surface area contributed by atoms with Crippen LogP contribution in [-0.2, 0) is 4.79 Å². The normalized spacial score (nSPS) is 12.5. The van der Waals surface area contributed by atoms with Gasteiger partial charge in [0.05, 0.1) is 12.5 Å². The van der Waals surface area contributed by atoms with Crippen molar-refractivity contribution in [1.29, 1.82) is 0 Å². The van der Waals surface area contributed by atoms with E-state index in [9.17, 15) is 9.59 Å². The average molecular weight is 385 g/mol. The lowest BCUT2D eigenvalue weighted by molar-refractivity contribution is -0.120. The molecule has 0 spiro atoms. The maximum absolute atomic E-state index is 13.5. The number of ether oxygens (including phenoxy) is 1. The van der Waals surface area contributed by atoms with Crippen LogP contribution in [0.1, 0.15) is 43.4 Å². The number of amides is 1. The van der Waals surface area contributed by atoms with Gasteiger partial charge in [0.1, 0.15) is 22.4 Å². The third-order valence-corrected chi connectivity index (χ3v) is 5.63. The van der Waals surface area contributed by atoms with Gasteiger partial charge in [0.2, 0.25) is 5.91 Å². The molecular weight excluding hydrogens is 362 g/mol. The van der Waals surface area contributed by atoms with Crippen molar-refractivity contribution < 1.29 is 9.53 Å². The summed E-state index contributed by atoms with van der Waals surface area (Å²) >= 11 is 1.48. The summed E-state index contributed by atoms with van der Waals surface area (Å²) in [5.41, 5.74) is 6.97. The maximum atomic E-state index is 13.5. The Hall–Kier alpha value is -2.67. The van der Waals surface area contributed by atoms with E-state index in [0.717, 1.165) is 16.0 Å². The highest BCUT2D eigenvalue weighted by atomic mass is 32.1. The SMILES string of the molecule is COc1cccc(-c2c(C)sc3nc(C(C)C)n(C(C)C(N)=O)c(=O)c23)c1. The van der Waals surface area contributed by atoms with Gasteiger partial charge in [-0.1, -0.05) is 26.0 Å². The lowest BCUT2D eigenvalue weighted by Gasteiger charge is -2.19. The fraction of sp³-hybridized carbons (Fsp3) is 0.350. The van der Waals surface area contributed by atoms with Gasteiger partial charge >= 0.3 is 0 Å². The Morgan fingerprint density at radius 1 is 1.30 bits per heavy atom. The van der Waals surface area contributed by atoms with E-state index in [0.29, 0.717) is 21.8 Å². The number of hydrogen-bond donors (Lipinski definition) is 1. The highest BCUT2D eigenvalue weighted by molar-refractivity contribution is 7.19. The summed E-state index contributed by atoms with van der Waals surface area (Å²) in [7, 11) is 1.61. The van der Waals surface area contributed by atoms with Gasteiger partial charge in [0.15, 0.2) is 0 Å². The van der Waals surface area contributed by atoms with Gasteiger partial charge in [-0.25, -0.2) is 4.98 Å². The van der Waals surface area contributed by atoms with Crippen LogP contribution in [0.15, 0.2) is 29.1 Å². The smallest absolute Gasteiger partial charge is 0.263 e. The molecule has 1 aromatic carbocycles. The van der Waals surface area contributed by atoms with E-state index in [2.05, 4.69) is 0 Å². The van der Waals surface area contributed by atoms with Gasteiger partial charge < -0.3 is 10.5 Å². The zero-order valence-electron chi connectivity index (χ0n) is 16.1. The Bertz CT molecular complexity index is 1080. The van der Waals surface area contributed by atoms with Gasteiger partial charge in [-0.2, -0.15) is 0 Å². The molecule has 0 aliphatic rings. The number of carbonyl (C=O) groups is 1. The third kappa shape index (κ3) is 3.23. The molecule has 0 saturated heterocycles. The number of carbonyl (C=O) groups excluding carboxylic acids is 1. The van der Waals surface area contributed by atoms with E-state index in [-0.39, 0.29) is 11.5 Å². The van der Waals surface area contributed by atoms with Crippen LogP contribution in [-0.4, -0.2) is 22.6 Å². The standard InChI is InChI=1S/C20H23N3O3S/c1-10(2)18-22-19-16(20(25)23(18)11(3)17(21)24)15(12(4)27-19)13-7-6-8-14(9-13)26-5/h6-11H,1-5H3,(H2,21,24). The molecule has 3 aromatic rings. The highest BCUT2D eigenvalue weighted by Crippen LogP contribution is 2.37. The van der Waals surface area contributed by atoms with Crippen molar-refractivity contribution in [2.45, 2.75) is 39.7 Å². The highest BCUT2D eigenvalue weighted by Gasteiger charge is 2.25. The van der Waals surface area contributed by atoms with Crippen molar-refractivity contribution in [3.05, 3.63) is 45.3 Å². The minimum atomic E-state index is -0.773. The summed E-state index contributed by atoms with van der Waals surface area (Å²) in [4.78, 5) is 31.7. The maximum Gasteiger partial charge on any atom is 0.263 e. The van der Waals surface area contributed by atoms with Gasteiger partial charge in [0.25, 0.3) is 5.56 Å². The molecule has 0 aliphatic carbocycles. The number of primary amides is 1. The first kappa shape index (κ1) is 19.1. The Labute approximate surface area is 161 Å². The molecule has 2 aromatic heterocycles. The van der Waals surface area contributed by atoms with Gasteiger partial charge in [-0.15, -0.1) is 11.3 Å². The minimum Gasteiger partial charge on any atom is -0.497 e. The molecule has 1 unspecified atom stereocenters. The molecule has 7 heteroatoms. The summed E-state index contributed by atoms with van der Waals surface area (Å²) in [6, 6.07) is 6.80. The monoisotopic (exact) mass is 385 g/mol. The number of aromatic nitrogens is 2. The van der Waals surface area contributed by atoms with Crippen LogP contribution in [0, 0.1) is 6.92 Å². The molecule has 0 aliphatic heterocycles. The topological polar surface area (TPSA) is 87.2 Å². The first-order valence-corrected chi connectivity index (χ1v) is 9.57. The fourth-order valence-electron chi connectivity index (χ4n) is 3.22. The van der Waals surface area contributed by atoms with Crippen LogP contribution in [0.25, 0.3) is 21.3 Å². The predicted octanol–water partition coefficient (Wildman–Crippen LogP) is 3.61. The molecule has 27 heavy (non-hydrogen) atoms. The number of benzene rings is 1. The summed E-state index contributed by atoms with van der Waals surface area (Å²) in [5, 5.41) is 0.517. The summed E-state index contributed by atoms with van der Waals surface area (Å²) in [5.74, 6) is 0.697. The van der Waals surface area contributed by atoms with Gasteiger partial charge in [0, 0.05) is 16.4 Å². The average Bonchev–Trinajstić information content (AvgIpc) is 2.97. The Kier molecular flexibility index (Phi) is 5.06. The van der Waals surface area contributed by atoms with E-state index in [1.54, 1.807) is 14.0 Å². The molecule has 6 nitrogen and oxygen atoms in total. The second-order valence-corrected chi connectivity index (χ2v) is 8.03. The molecule has 1 atom stereocenters. The van der Waals surface area contributed by atoms with E-state index in [1.165, 1.54) is 15.9 Å². The molecule has 0 bridgehead atoms. The van der Waals surface area contributed by atoms with E-state index in [1.807, 2.05) is 45.0 Å². The van der Waals surface area contributed by atoms with Crippen LogP contribution in [0.5, 0.6) is 5.75 Å². The number of rotatable bonds is 5. The number of nitrogens with two attached hydrogens (primary N) is 1. The number of methoxy groups -OCH3 is 1. The Balaban J connectivity index is 2.41. The minimum absolute atomic E-state index is 0.0217. The Morgan fingerprint density at radius 2 is 2.00 bits per heavy atom. The van der Waals surface area contributed by atoms with Crippen molar-refractivity contribution in [3.8, 4) is 16.9 Å². The second-order valence-electron chi connectivity index (χ2n) is 6.82. The lowest BCUT2D eigenvalue weighted by Crippen LogP contribution is -2.35. The summed E-state index contributed by atoms with van der Waals surface area (Å²) < 4.78 is 6.76.